The highest BCUT2D eigenvalue weighted by Crippen LogP contribution is 2.14. The number of ether oxygens (including phenoxy) is 2. The summed E-state index contributed by atoms with van der Waals surface area (Å²) in [5, 5.41) is 2.37. The van der Waals surface area contributed by atoms with E-state index in [1.807, 2.05) is 7.05 Å². The second kappa shape index (κ2) is 7.65. The molecule has 1 N–H and O–H groups in total. The fraction of sp³-hybridized carbons (Fsp3) is 0.467. The number of hydrogen-bond acceptors (Lipinski definition) is 5. The third kappa shape index (κ3) is 4.63. The molecule has 0 atom stereocenters. The van der Waals surface area contributed by atoms with Crippen molar-refractivity contribution in [1.82, 2.24) is 15.1 Å². The normalized spacial score (nSPS) is 15.3. The van der Waals surface area contributed by atoms with Crippen molar-refractivity contribution in [3.8, 4) is 5.75 Å². The van der Waals surface area contributed by atoms with Crippen LogP contribution in [0.3, 0.4) is 0 Å². The van der Waals surface area contributed by atoms with Crippen LogP contribution >= 0.6 is 0 Å². The van der Waals surface area contributed by atoms with Crippen LogP contribution in [-0.4, -0.2) is 62.3 Å². The molecule has 0 aromatic heterocycles. The standard InChI is InChI=1S/C15H21N3O4/c1-16-14(19)21-11-12-3-5-13(6-4-12)22-15(20)18-9-7-17(2)8-10-18/h3-6H,7-11H2,1-2H3,(H,16,19). The quantitative estimate of drug-likeness (QED) is 0.911. The first-order chi connectivity index (χ1) is 10.6. The van der Waals surface area contributed by atoms with Gasteiger partial charge in [0.15, 0.2) is 0 Å². The minimum Gasteiger partial charge on any atom is -0.445 e. The number of carbonyl (C=O) groups excluding carboxylic acids is 2. The Morgan fingerprint density at radius 3 is 2.36 bits per heavy atom. The van der Waals surface area contributed by atoms with Gasteiger partial charge >= 0.3 is 12.2 Å². The van der Waals surface area contributed by atoms with Gasteiger partial charge in [-0.25, -0.2) is 9.59 Å². The van der Waals surface area contributed by atoms with Crippen molar-refractivity contribution in [2.24, 2.45) is 0 Å². The van der Waals surface area contributed by atoms with Crippen LogP contribution in [0.15, 0.2) is 24.3 Å². The fourth-order valence-electron chi connectivity index (χ4n) is 2.03. The maximum atomic E-state index is 12.0. The lowest BCUT2D eigenvalue weighted by atomic mass is 10.2. The summed E-state index contributed by atoms with van der Waals surface area (Å²) in [5.41, 5.74) is 0.822. The molecule has 1 fully saturated rings. The first kappa shape index (κ1) is 16.1. The SMILES string of the molecule is CNC(=O)OCc1ccc(OC(=O)N2CCN(C)CC2)cc1. The van der Waals surface area contributed by atoms with E-state index in [2.05, 4.69) is 10.2 Å². The van der Waals surface area contributed by atoms with Gasteiger partial charge in [-0.3, -0.25) is 0 Å². The van der Waals surface area contributed by atoms with Crippen LogP contribution in [-0.2, 0) is 11.3 Å². The largest absolute Gasteiger partial charge is 0.445 e. The van der Waals surface area contributed by atoms with E-state index >= 15 is 0 Å². The maximum absolute atomic E-state index is 12.0. The molecule has 1 aliphatic heterocycles. The highest BCUT2D eigenvalue weighted by molar-refractivity contribution is 5.70. The van der Waals surface area contributed by atoms with Gasteiger partial charge in [-0.05, 0) is 24.7 Å². The summed E-state index contributed by atoms with van der Waals surface area (Å²) in [6, 6.07) is 6.90. The van der Waals surface area contributed by atoms with E-state index in [0.717, 1.165) is 18.7 Å². The van der Waals surface area contributed by atoms with Gasteiger partial charge in [-0.2, -0.15) is 0 Å². The summed E-state index contributed by atoms with van der Waals surface area (Å²) in [6.07, 6.45) is -0.812. The molecule has 22 heavy (non-hydrogen) atoms. The predicted molar refractivity (Wildman–Crippen MR) is 80.8 cm³/mol. The summed E-state index contributed by atoms with van der Waals surface area (Å²) >= 11 is 0. The Labute approximate surface area is 129 Å². The average molecular weight is 307 g/mol. The Kier molecular flexibility index (Phi) is 5.60. The minimum atomic E-state index is -0.481. The van der Waals surface area contributed by atoms with Crippen molar-refractivity contribution in [1.29, 1.82) is 0 Å². The van der Waals surface area contributed by atoms with Gasteiger partial charge in [0.25, 0.3) is 0 Å². The molecule has 2 amide bonds. The first-order valence-electron chi connectivity index (χ1n) is 7.17. The Balaban J connectivity index is 1.83. The highest BCUT2D eigenvalue weighted by atomic mass is 16.6. The molecule has 120 valence electrons. The van der Waals surface area contributed by atoms with E-state index in [9.17, 15) is 9.59 Å². The molecule has 2 rings (SSSR count). The summed E-state index contributed by atoms with van der Waals surface area (Å²) in [6.45, 7) is 3.23. The smallest absolute Gasteiger partial charge is 0.415 e. The lowest BCUT2D eigenvalue weighted by molar-refractivity contribution is 0.120. The number of piperazine rings is 1. The van der Waals surface area contributed by atoms with Gasteiger partial charge < -0.3 is 24.6 Å². The molecule has 0 saturated carbocycles. The van der Waals surface area contributed by atoms with Crippen molar-refractivity contribution in [2.75, 3.05) is 40.3 Å². The van der Waals surface area contributed by atoms with Gasteiger partial charge in [0, 0.05) is 33.2 Å². The average Bonchev–Trinajstić information content (AvgIpc) is 2.54. The highest BCUT2D eigenvalue weighted by Gasteiger charge is 2.20. The molecule has 0 bridgehead atoms. The van der Waals surface area contributed by atoms with Crippen molar-refractivity contribution >= 4 is 12.2 Å². The Morgan fingerprint density at radius 1 is 1.14 bits per heavy atom. The molecule has 1 aromatic carbocycles. The number of alkyl carbamates (subject to hydrolysis) is 1. The van der Waals surface area contributed by atoms with Gasteiger partial charge in [0.1, 0.15) is 12.4 Å². The molecule has 1 saturated heterocycles. The molecule has 1 aliphatic rings. The molecule has 1 heterocycles. The van der Waals surface area contributed by atoms with Gasteiger partial charge in [-0.15, -0.1) is 0 Å². The second-order valence-corrected chi connectivity index (χ2v) is 5.13. The number of likely N-dealkylation sites (N-methyl/N-ethyl adjacent to an activating group) is 1. The zero-order valence-electron chi connectivity index (χ0n) is 12.9. The van der Waals surface area contributed by atoms with Crippen LogP contribution in [0.1, 0.15) is 5.56 Å². The van der Waals surface area contributed by atoms with Crippen molar-refractivity contribution in [2.45, 2.75) is 6.61 Å². The van der Waals surface area contributed by atoms with E-state index in [1.165, 1.54) is 7.05 Å². The van der Waals surface area contributed by atoms with Gasteiger partial charge in [0.2, 0.25) is 0 Å². The lowest BCUT2D eigenvalue weighted by Gasteiger charge is -2.31. The van der Waals surface area contributed by atoms with E-state index in [0.29, 0.717) is 18.8 Å². The molecule has 0 spiro atoms. The number of carbonyl (C=O) groups is 2. The Hall–Kier alpha value is -2.28. The molecule has 0 unspecified atom stereocenters. The van der Waals surface area contributed by atoms with Crippen LogP contribution in [0.4, 0.5) is 9.59 Å². The molecule has 0 radical (unpaired) electrons. The second-order valence-electron chi connectivity index (χ2n) is 5.13. The first-order valence-corrected chi connectivity index (χ1v) is 7.17. The lowest BCUT2D eigenvalue weighted by Crippen LogP contribution is -2.48. The molecule has 0 aliphatic carbocycles. The number of hydrogen-bond donors (Lipinski definition) is 1. The molecular formula is C15H21N3O4. The van der Waals surface area contributed by atoms with Crippen LogP contribution in [0, 0.1) is 0 Å². The van der Waals surface area contributed by atoms with Crippen LogP contribution in [0.2, 0.25) is 0 Å². The van der Waals surface area contributed by atoms with Crippen molar-refractivity contribution < 1.29 is 19.1 Å². The van der Waals surface area contributed by atoms with E-state index in [1.54, 1.807) is 29.2 Å². The predicted octanol–water partition coefficient (Wildman–Crippen LogP) is 1.29. The summed E-state index contributed by atoms with van der Waals surface area (Å²) in [5.74, 6) is 0.479. The molecular weight excluding hydrogens is 286 g/mol. The molecule has 7 nitrogen and oxygen atoms in total. The van der Waals surface area contributed by atoms with E-state index < -0.39 is 6.09 Å². The van der Waals surface area contributed by atoms with Gasteiger partial charge in [0.05, 0.1) is 0 Å². The van der Waals surface area contributed by atoms with Crippen LogP contribution in [0.5, 0.6) is 5.75 Å². The monoisotopic (exact) mass is 307 g/mol. The summed E-state index contributed by atoms with van der Waals surface area (Å²) in [4.78, 5) is 26.9. The zero-order valence-corrected chi connectivity index (χ0v) is 12.9. The number of benzene rings is 1. The van der Waals surface area contributed by atoms with Gasteiger partial charge in [-0.1, -0.05) is 12.1 Å². The topological polar surface area (TPSA) is 71.1 Å². The maximum Gasteiger partial charge on any atom is 0.415 e. The van der Waals surface area contributed by atoms with Crippen molar-refractivity contribution in [3.63, 3.8) is 0 Å². The minimum absolute atomic E-state index is 0.173. The van der Waals surface area contributed by atoms with Crippen LogP contribution in [0.25, 0.3) is 0 Å². The number of nitrogens with zero attached hydrogens (tertiary/aromatic N) is 2. The third-order valence-electron chi connectivity index (χ3n) is 3.46. The summed E-state index contributed by atoms with van der Waals surface area (Å²) in [7, 11) is 3.53. The Morgan fingerprint density at radius 2 is 1.77 bits per heavy atom. The number of rotatable bonds is 3. The third-order valence-corrected chi connectivity index (χ3v) is 3.46. The summed E-state index contributed by atoms with van der Waals surface area (Å²) < 4.78 is 10.3. The molecule has 7 heteroatoms. The fourth-order valence-corrected chi connectivity index (χ4v) is 2.03. The zero-order chi connectivity index (χ0) is 15.9. The van der Waals surface area contributed by atoms with E-state index in [4.69, 9.17) is 9.47 Å². The van der Waals surface area contributed by atoms with Crippen molar-refractivity contribution in [3.05, 3.63) is 29.8 Å². The Bertz CT molecular complexity index is 510. The number of nitrogens with one attached hydrogen (secondary N) is 1. The van der Waals surface area contributed by atoms with E-state index in [-0.39, 0.29) is 12.7 Å². The number of amides is 2. The molecule has 1 aromatic rings. The van der Waals surface area contributed by atoms with Crippen LogP contribution < -0.4 is 10.1 Å².